The number of hydrogen-bond acceptors (Lipinski definition) is 2. The summed E-state index contributed by atoms with van der Waals surface area (Å²) in [7, 11) is 2.08. The molecule has 5 heteroatoms. The molecule has 2 saturated heterocycles. The van der Waals surface area contributed by atoms with Gasteiger partial charge in [0.2, 0.25) is 5.91 Å². The highest BCUT2D eigenvalue weighted by Gasteiger charge is 2.48. The molecule has 1 aromatic heterocycles. The zero-order chi connectivity index (χ0) is 20.1. The number of rotatable bonds is 3. The lowest BCUT2D eigenvalue weighted by Crippen LogP contribution is -2.34. The Bertz CT molecular complexity index is 1070. The molecule has 0 spiro atoms. The van der Waals surface area contributed by atoms with Crippen molar-refractivity contribution in [3.05, 3.63) is 71.7 Å². The Hall–Kier alpha value is -2.66. The van der Waals surface area contributed by atoms with Gasteiger partial charge in [0.05, 0.1) is 6.04 Å². The standard InChI is InChI=1S/C24H26FN3O/c1-16(29)28-14-20-13-27(12-17-6-7-18-8-9-26(2)23(18)10-17)15-22(20)24(28)19-4-3-5-21(25)11-19/h3-11,20,22,24H,12-15H2,1-2H3/t20-,22-,24+/m1/s1. The van der Waals surface area contributed by atoms with Crippen LogP contribution in [0.2, 0.25) is 0 Å². The summed E-state index contributed by atoms with van der Waals surface area (Å²) in [6.07, 6.45) is 2.09. The van der Waals surface area contributed by atoms with Crippen molar-refractivity contribution in [3.63, 3.8) is 0 Å². The largest absolute Gasteiger partial charge is 0.351 e. The summed E-state index contributed by atoms with van der Waals surface area (Å²) in [4.78, 5) is 16.7. The Morgan fingerprint density at radius 2 is 1.97 bits per heavy atom. The average molecular weight is 391 g/mol. The predicted octanol–water partition coefficient (Wildman–Crippen LogP) is 3.97. The maximum atomic E-state index is 13.9. The first kappa shape index (κ1) is 18.4. The van der Waals surface area contributed by atoms with E-state index in [1.54, 1.807) is 19.1 Å². The van der Waals surface area contributed by atoms with Crippen molar-refractivity contribution in [2.45, 2.75) is 19.5 Å². The third-order valence-corrected chi connectivity index (χ3v) is 6.69. The Morgan fingerprint density at radius 3 is 2.76 bits per heavy atom. The number of nitrogens with zero attached hydrogens (tertiary/aromatic N) is 3. The van der Waals surface area contributed by atoms with Gasteiger partial charge in [0.15, 0.2) is 0 Å². The highest BCUT2D eigenvalue weighted by Crippen LogP contribution is 2.45. The van der Waals surface area contributed by atoms with Gasteiger partial charge < -0.3 is 9.47 Å². The van der Waals surface area contributed by atoms with E-state index in [-0.39, 0.29) is 17.8 Å². The molecule has 3 aromatic rings. The summed E-state index contributed by atoms with van der Waals surface area (Å²) in [5.74, 6) is 0.625. The van der Waals surface area contributed by atoms with Crippen LogP contribution in [0.25, 0.3) is 10.9 Å². The van der Waals surface area contributed by atoms with Crippen LogP contribution in [0.4, 0.5) is 4.39 Å². The molecule has 29 heavy (non-hydrogen) atoms. The molecule has 1 amide bonds. The molecule has 150 valence electrons. The number of amides is 1. The normalized spacial score (nSPS) is 24.4. The van der Waals surface area contributed by atoms with Crippen molar-refractivity contribution < 1.29 is 9.18 Å². The summed E-state index contributed by atoms with van der Waals surface area (Å²) < 4.78 is 16.0. The van der Waals surface area contributed by atoms with Gasteiger partial charge in [-0.05, 0) is 46.7 Å². The predicted molar refractivity (Wildman–Crippen MR) is 112 cm³/mol. The first-order chi connectivity index (χ1) is 14.0. The molecule has 3 heterocycles. The van der Waals surface area contributed by atoms with E-state index in [1.165, 1.54) is 22.5 Å². The van der Waals surface area contributed by atoms with Gasteiger partial charge in [-0.25, -0.2) is 4.39 Å². The van der Waals surface area contributed by atoms with Crippen LogP contribution in [0.15, 0.2) is 54.7 Å². The van der Waals surface area contributed by atoms with Gasteiger partial charge in [-0.15, -0.1) is 0 Å². The minimum atomic E-state index is -0.236. The molecule has 0 bridgehead atoms. The van der Waals surface area contributed by atoms with Crippen molar-refractivity contribution in [3.8, 4) is 0 Å². The SMILES string of the molecule is CC(=O)N1C[C@H]2CN(Cc3ccc4ccn(C)c4c3)C[C@H]2[C@@H]1c1cccc(F)c1. The molecule has 0 radical (unpaired) electrons. The minimum absolute atomic E-state index is 0.0337. The quantitative estimate of drug-likeness (QED) is 0.676. The molecule has 5 rings (SSSR count). The summed E-state index contributed by atoms with van der Waals surface area (Å²) >= 11 is 0. The fourth-order valence-corrected chi connectivity index (χ4v) is 5.37. The monoisotopic (exact) mass is 391 g/mol. The van der Waals surface area contributed by atoms with Crippen LogP contribution in [-0.4, -0.2) is 39.9 Å². The molecular formula is C24H26FN3O. The molecule has 0 saturated carbocycles. The third-order valence-electron chi connectivity index (χ3n) is 6.69. The van der Waals surface area contributed by atoms with Gasteiger partial charge >= 0.3 is 0 Å². The number of benzene rings is 2. The molecule has 4 nitrogen and oxygen atoms in total. The van der Waals surface area contributed by atoms with Crippen molar-refractivity contribution in [2.75, 3.05) is 19.6 Å². The number of aromatic nitrogens is 1. The first-order valence-electron chi connectivity index (χ1n) is 10.3. The van der Waals surface area contributed by atoms with Gasteiger partial charge in [-0.3, -0.25) is 9.69 Å². The van der Waals surface area contributed by atoms with Crippen LogP contribution in [0, 0.1) is 17.7 Å². The van der Waals surface area contributed by atoms with Crippen LogP contribution in [-0.2, 0) is 18.4 Å². The van der Waals surface area contributed by atoms with Crippen LogP contribution >= 0.6 is 0 Å². The van der Waals surface area contributed by atoms with E-state index in [4.69, 9.17) is 0 Å². The van der Waals surface area contributed by atoms with Crippen LogP contribution < -0.4 is 0 Å². The van der Waals surface area contributed by atoms with Crippen molar-refractivity contribution in [1.82, 2.24) is 14.4 Å². The zero-order valence-electron chi connectivity index (χ0n) is 16.9. The summed E-state index contributed by atoms with van der Waals surface area (Å²) in [5, 5.41) is 1.26. The average Bonchev–Trinajstić information content (AvgIpc) is 3.34. The number of fused-ring (bicyclic) bond motifs is 2. The first-order valence-corrected chi connectivity index (χ1v) is 10.3. The maximum absolute atomic E-state index is 13.9. The Kier molecular flexibility index (Phi) is 4.43. The smallest absolute Gasteiger partial charge is 0.219 e. The van der Waals surface area contributed by atoms with E-state index in [0.717, 1.165) is 31.7 Å². The van der Waals surface area contributed by atoms with Crippen LogP contribution in [0.1, 0.15) is 24.1 Å². The zero-order valence-corrected chi connectivity index (χ0v) is 16.9. The minimum Gasteiger partial charge on any atom is -0.351 e. The summed E-state index contributed by atoms with van der Waals surface area (Å²) in [6.45, 7) is 5.20. The van der Waals surface area contributed by atoms with Crippen molar-refractivity contribution in [2.24, 2.45) is 18.9 Å². The van der Waals surface area contributed by atoms with Crippen molar-refractivity contribution >= 4 is 16.8 Å². The second-order valence-electron chi connectivity index (χ2n) is 8.61. The highest BCUT2D eigenvalue weighted by atomic mass is 19.1. The van der Waals surface area contributed by atoms with Gasteiger partial charge in [-0.2, -0.15) is 0 Å². The lowest BCUT2D eigenvalue weighted by molar-refractivity contribution is -0.130. The third kappa shape index (κ3) is 3.23. The van der Waals surface area contributed by atoms with E-state index in [1.807, 2.05) is 11.0 Å². The fourth-order valence-electron chi connectivity index (χ4n) is 5.37. The molecule has 2 aromatic carbocycles. The second kappa shape index (κ2) is 6.99. The van der Waals surface area contributed by atoms with E-state index in [2.05, 4.69) is 47.0 Å². The van der Waals surface area contributed by atoms with Gasteiger partial charge in [0.25, 0.3) is 0 Å². The lowest BCUT2D eigenvalue weighted by atomic mass is 9.89. The Labute approximate surface area is 170 Å². The number of halogens is 1. The van der Waals surface area contributed by atoms with E-state index in [0.29, 0.717) is 11.8 Å². The highest BCUT2D eigenvalue weighted by molar-refractivity contribution is 5.80. The van der Waals surface area contributed by atoms with E-state index >= 15 is 0 Å². The Balaban J connectivity index is 1.38. The second-order valence-corrected chi connectivity index (χ2v) is 8.61. The molecule has 2 aliphatic heterocycles. The van der Waals surface area contributed by atoms with Crippen molar-refractivity contribution in [1.29, 1.82) is 0 Å². The number of aryl methyl sites for hydroxylation is 1. The molecule has 2 aliphatic rings. The van der Waals surface area contributed by atoms with Gasteiger partial charge in [0.1, 0.15) is 5.82 Å². The van der Waals surface area contributed by atoms with Crippen LogP contribution in [0.3, 0.4) is 0 Å². The molecule has 0 aliphatic carbocycles. The molecule has 0 unspecified atom stereocenters. The number of hydrogen-bond donors (Lipinski definition) is 0. The van der Waals surface area contributed by atoms with Gasteiger partial charge in [-0.1, -0.05) is 24.3 Å². The molecular weight excluding hydrogens is 365 g/mol. The Morgan fingerprint density at radius 1 is 1.10 bits per heavy atom. The number of carbonyl (C=O) groups is 1. The van der Waals surface area contributed by atoms with Gasteiger partial charge in [0, 0.05) is 57.8 Å². The number of likely N-dealkylation sites (tertiary alicyclic amines) is 2. The van der Waals surface area contributed by atoms with Crippen LogP contribution in [0.5, 0.6) is 0 Å². The molecule has 0 N–H and O–H groups in total. The van der Waals surface area contributed by atoms with E-state index in [9.17, 15) is 9.18 Å². The fraction of sp³-hybridized carbons (Fsp3) is 0.375. The lowest BCUT2D eigenvalue weighted by Gasteiger charge is -2.29. The molecule has 2 fully saturated rings. The topological polar surface area (TPSA) is 28.5 Å². The number of carbonyl (C=O) groups excluding carboxylic acids is 1. The molecule has 3 atom stereocenters. The maximum Gasteiger partial charge on any atom is 0.219 e. The summed E-state index contributed by atoms with van der Waals surface area (Å²) in [5.41, 5.74) is 3.48. The van der Waals surface area contributed by atoms with E-state index < -0.39 is 0 Å². The summed E-state index contributed by atoms with van der Waals surface area (Å²) in [6, 6.07) is 15.5.